The number of methoxy groups -OCH3 is 1. The minimum atomic E-state index is -0.265. The maximum atomic E-state index is 13.1. The van der Waals surface area contributed by atoms with E-state index in [1.165, 1.54) is 10.1 Å². The monoisotopic (exact) mass is 401 g/mol. The Morgan fingerprint density at radius 1 is 0.967 bits per heavy atom. The van der Waals surface area contributed by atoms with E-state index in [1.54, 1.807) is 37.6 Å². The molecule has 0 unspecified atom stereocenters. The van der Waals surface area contributed by atoms with Crippen LogP contribution in [0.15, 0.2) is 77.9 Å². The van der Waals surface area contributed by atoms with E-state index in [0.29, 0.717) is 23.5 Å². The number of fused-ring (bicyclic) bond motifs is 1. The minimum Gasteiger partial charge on any atom is -0.497 e. The SMILES string of the molecule is COc1ccc(NC(=O)Cn2ccc3ccn(Cc4ccccc4C)c3c2=O)cc1. The molecule has 30 heavy (non-hydrogen) atoms. The number of carbonyl (C=O) groups excluding carboxylic acids is 1. The number of anilines is 1. The van der Waals surface area contributed by atoms with Crippen LogP contribution in [0.4, 0.5) is 5.69 Å². The van der Waals surface area contributed by atoms with E-state index in [9.17, 15) is 9.59 Å². The molecule has 0 spiro atoms. The molecule has 6 heteroatoms. The van der Waals surface area contributed by atoms with Crippen molar-refractivity contribution < 1.29 is 9.53 Å². The standard InChI is InChI=1S/C24H23N3O3/c1-17-5-3-4-6-19(17)15-26-13-11-18-12-14-27(24(29)23(18)26)16-22(28)25-20-7-9-21(30-2)10-8-20/h3-14H,15-16H2,1-2H3,(H,25,28). The number of pyridine rings is 1. The Balaban J connectivity index is 1.57. The van der Waals surface area contributed by atoms with E-state index in [2.05, 4.69) is 24.4 Å². The molecule has 0 radical (unpaired) electrons. The van der Waals surface area contributed by atoms with Gasteiger partial charge in [-0.1, -0.05) is 24.3 Å². The molecule has 2 aromatic carbocycles. The van der Waals surface area contributed by atoms with Crippen molar-refractivity contribution >= 4 is 22.5 Å². The van der Waals surface area contributed by atoms with Gasteiger partial charge in [0.1, 0.15) is 17.8 Å². The van der Waals surface area contributed by atoms with Crippen LogP contribution < -0.4 is 15.6 Å². The number of hydrogen-bond acceptors (Lipinski definition) is 3. The van der Waals surface area contributed by atoms with Gasteiger partial charge in [-0.25, -0.2) is 0 Å². The number of carbonyl (C=O) groups is 1. The maximum Gasteiger partial charge on any atom is 0.275 e. The summed E-state index contributed by atoms with van der Waals surface area (Å²) in [6, 6.07) is 19.0. The zero-order valence-corrected chi connectivity index (χ0v) is 17.0. The van der Waals surface area contributed by atoms with Crippen LogP contribution in [0.25, 0.3) is 10.9 Å². The fourth-order valence-corrected chi connectivity index (χ4v) is 3.50. The van der Waals surface area contributed by atoms with Gasteiger partial charge in [-0.05, 0) is 54.4 Å². The fraction of sp³-hybridized carbons (Fsp3) is 0.167. The molecule has 0 saturated carbocycles. The van der Waals surface area contributed by atoms with Crippen molar-refractivity contribution in [3.63, 3.8) is 0 Å². The van der Waals surface area contributed by atoms with E-state index >= 15 is 0 Å². The molecular formula is C24H23N3O3. The predicted molar refractivity (Wildman–Crippen MR) is 118 cm³/mol. The van der Waals surface area contributed by atoms with Gasteiger partial charge in [0.25, 0.3) is 5.56 Å². The van der Waals surface area contributed by atoms with Gasteiger partial charge in [0.2, 0.25) is 5.91 Å². The molecule has 0 fully saturated rings. The van der Waals surface area contributed by atoms with Crippen LogP contribution in [-0.4, -0.2) is 22.2 Å². The summed E-state index contributed by atoms with van der Waals surface area (Å²) < 4.78 is 8.50. The first kappa shape index (κ1) is 19.5. The first-order valence-electron chi connectivity index (χ1n) is 9.72. The fourth-order valence-electron chi connectivity index (χ4n) is 3.50. The Morgan fingerprint density at radius 3 is 2.37 bits per heavy atom. The van der Waals surface area contributed by atoms with E-state index in [4.69, 9.17) is 4.74 Å². The Hall–Kier alpha value is -3.80. The van der Waals surface area contributed by atoms with Gasteiger partial charge in [0.05, 0.1) is 7.11 Å². The first-order valence-corrected chi connectivity index (χ1v) is 9.72. The molecule has 1 amide bonds. The second-order valence-electron chi connectivity index (χ2n) is 7.20. The largest absolute Gasteiger partial charge is 0.497 e. The topological polar surface area (TPSA) is 65.3 Å². The lowest BCUT2D eigenvalue weighted by molar-refractivity contribution is -0.116. The molecule has 0 atom stereocenters. The first-order chi connectivity index (χ1) is 14.5. The molecule has 2 heterocycles. The lowest BCUT2D eigenvalue weighted by Crippen LogP contribution is -2.28. The zero-order chi connectivity index (χ0) is 21.1. The van der Waals surface area contributed by atoms with Crippen molar-refractivity contribution in [1.82, 2.24) is 9.13 Å². The number of benzene rings is 2. The lowest BCUT2D eigenvalue weighted by atomic mass is 10.1. The highest BCUT2D eigenvalue weighted by Gasteiger charge is 2.12. The Bertz CT molecular complexity index is 1250. The third-order valence-electron chi connectivity index (χ3n) is 5.18. The van der Waals surface area contributed by atoms with Crippen LogP contribution in [0.3, 0.4) is 0 Å². The van der Waals surface area contributed by atoms with Gasteiger partial charge in [-0.3, -0.25) is 9.59 Å². The van der Waals surface area contributed by atoms with Crippen LogP contribution in [0, 0.1) is 6.92 Å². The highest BCUT2D eigenvalue weighted by Crippen LogP contribution is 2.17. The third-order valence-corrected chi connectivity index (χ3v) is 5.18. The molecule has 0 aliphatic carbocycles. The molecule has 4 rings (SSSR count). The summed E-state index contributed by atoms with van der Waals surface area (Å²) in [6.45, 7) is 2.60. The van der Waals surface area contributed by atoms with E-state index < -0.39 is 0 Å². The summed E-state index contributed by atoms with van der Waals surface area (Å²) >= 11 is 0. The zero-order valence-electron chi connectivity index (χ0n) is 17.0. The number of aryl methyl sites for hydroxylation is 1. The molecule has 1 N–H and O–H groups in total. The van der Waals surface area contributed by atoms with E-state index in [1.807, 2.05) is 35.0 Å². The number of rotatable bonds is 6. The smallest absolute Gasteiger partial charge is 0.275 e. The normalized spacial score (nSPS) is 10.9. The summed E-state index contributed by atoms with van der Waals surface area (Å²) in [5.41, 5.74) is 3.39. The van der Waals surface area contributed by atoms with Crippen molar-refractivity contribution in [2.45, 2.75) is 20.0 Å². The average Bonchev–Trinajstić information content (AvgIpc) is 3.16. The van der Waals surface area contributed by atoms with Crippen LogP contribution in [0.2, 0.25) is 0 Å². The van der Waals surface area contributed by atoms with Crippen molar-refractivity contribution in [2.75, 3.05) is 12.4 Å². The van der Waals surface area contributed by atoms with E-state index in [0.717, 1.165) is 10.9 Å². The second-order valence-corrected chi connectivity index (χ2v) is 7.20. The number of amides is 1. The van der Waals surface area contributed by atoms with Crippen LogP contribution >= 0.6 is 0 Å². The van der Waals surface area contributed by atoms with Gasteiger partial charge < -0.3 is 19.2 Å². The average molecular weight is 401 g/mol. The maximum absolute atomic E-state index is 13.1. The number of ether oxygens (including phenoxy) is 1. The van der Waals surface area contributed by atoms with Crippen LogP contribution in [0.1, 0.15) is 11.1 Å². The van der Waals surface area contributed by atoms with Crippen molar-refractivity contribution in [2.24, 2.45) is 0 Å². The summed E-state index contributed by atoms with van der Waals surface area (Å²) in [5, 5.41) is 3.67. The molecule has 2 aromatic heterocycles. The summed E-state index contributed by atoms with van der Waals surface area (Å²) in [4.78, 5) is 25.6. The second kappa shape index (κ2) is 8.29. The predicted octanol–water partition coefficient (Wildman–Crippen LogP) is 3.81. The minimum absolute atomic E-state index is 0.0592. The molecule has 152 valence electrons. The molecular weight excluding hydrogens is 378 g/mol. The van der Waals surface area contributed by atoms with Crippen molar-refractivity contribution in [3.8, 4) is 5.75 Å². The molecule has 0 aliphatic rings. The molecule has 0 aliphatic heterocycles. The van der Waals surface area contributed by atoms with Crippen molar-refractivity contribution in [1.29, 1.82) is 0 Å². The van der Waals surface area contributed by atoms with E-state index in [-0.39, 0.29) is 18.0 Å². The lowest BCUT2D eigenvalue weighted by Gasteiger charge is -2.11. The number of hydrogen-bond donors (Lipinski definition) is 1. The van der Waals surface area contributed by atoms with Crippen LogP contribution in [-0.2, 0) is 17.9 Å². The summed E-state index contributed by atoms with van der Waals surface area (Å²) in [7, 11) is 1.59. The molecule has 0 saturated heterocycles. The van der Waals surface area contributed by atoms with Gasteiger partial charge in [-0.15, -0.1) is 0 Å². The summed E-state index contributed by atoms with van der Waals surface area (Å²) in [5.74, 6) is 0.447. The van der Waals surface area contributed by atoms with Crippen LogP contribution in [0.5, 0.6) is 5.75 Å². The Morgan fingerprint density at radius 2 is 1.67 bits per heavy atom. The van der Waals surface area contributed by atoms with Gasteiger partial charge in [-0.2, -0.15) is 0 Å². The van der Waals surface area contributed by atoms with Gasteiger partial charge >= 0.3 is 0 Å². The number of aromatic nitrogens is 2. The quantitative estimate of drug-likeness (QED) is 0.534. The van der Waals surface area contributed by atoms with Gasteiger partial charge in [0.15, 0.2) is 0 Å². The Labute approximate surface area is 174 Å². The highest BCUT2D eigenvalue weighted by molar-refractivity contribution is 5.90. The summed E-state index contributed by atoms with van der Waals surface area (Å²) in [6.07, 6.45) is 3.58. The molecule has 6 nitrogen and oxygen atoms in total. The Kier molecular flexibility index (Phi) is 5.39. The molecule has 4 aromatic rings. The number of nitrogens with one attached hydrogen (secondary N) is 1. The molecule has 0 bridgehead atoms. The van der Waals surface area contributed by atoms with Gasteiger partial charge in [0, 0.05) is 30.0 Å². The van der Waals surface area contributed by atoms with Crippen molar-refractivity contribution in [3.05, 3.63) is 94.5 Å². The highest BCUT2D eigenvalue weighted by atomic mass is 16.5. The number of nitrogens with zero attached hydrogens (tertiary/aromatic N) is 2. The third kappa shape index (κ3) is 3.98.